The van der Waals surface area contributed by atoms with E-state index in [2.05, 4.69) is 43.4 Å². The molecule has 0 saturated heterocycles. The molecule has 0 atom stereocenters. The average Bonchev–Trinajstić information content (AvgIpc) is 2.85. The van der Waals surface area contributed by atoms with Crippen molar-refractivity contribution in [2.24, 2.45) is 11.1 Å². The van der Waals surface area contributed by atoms with Crippen molar-refractivity contribution in [1.82, 2.24) is 5.32 Å². The van der Waals surface area contributed by atoms with Crippen LogP contribution in [-0.2, 0) is 11.2 Å². The molecule has 1 aromatic carbocycles. The summed E-state index contributed by atoms with van der Waals surface area (Å²) in [4.78, 5) is 12.2. The monoisotopic (exact) mass is 310 g/mol. The minimum Gasteiger partial charge on any atom is -0.354 e. The Bertz CT molecular complexity index is 453. The molecule has 0 heterocycles. The van der Waals surface area contributed by atoms with Crippen LogP contribution in [0.5, 0.6) is 0 Å². The zero-order valence-corrected chi connectivity index (χ0v) is 13.8. The molecule has 0 bridgehead atoms. The Morgan fingerprint density at radius 3 is 2.38 bits per heavy atom. The molecule has 0 radical (unpaired) electrons. The van der Waals surface area contributed by atoms with E-state index in [0.29, 0.717) is 6.54 Å². The SMILES string of the molecule is CC(C)(CNC(=O)C1(N)CCCC1)Cc1ccccc1.Cl. The summed E-state index contributed by atoms with van der Waals surface area (Å²) in [6, 6.07) is 10.4. The molecule has 0 unspecified atom stereocenters. The van der Waals surface area contributed by atoms with E-state index in [0.717, 1.165) is 32.1 Å². The Labute approximate surface area is 134 Å². The number of carbonyl (C=O) groups excluding carboxylic acids is 1. The third-order valence-electron chi connectivity index (χ3n) is 4.20. The third kappa shape index (κ3) is 5.01. The van der Waals surface area contributed by atoms with E-state index >= 15 is 0 Å². The lowest BCUT2D eigenvalue weighted by Gasteiger charge is -2.29. The molecule has 1 aromatic rings. The number of benzene rings is 1. The molecule has 1 aliphatic rings. The molecule has 1 amide bonds. The highest BCUT2D eigenvalue weighted by atomic mass is 35.5. The van der Waals surface area contributed by atoms with Crippen LogP contribution < -0.4 is 11.1 Å². The normalized spacial score (nSPS) is 17.1. The van der Waals surface area contributed by atoms with Crippen molar-refractivity contribution in [3.05, 3.63) is 35.9 Å². The van der Waals surface area contributed by atoms with Crippen LogP contribution in [0.15, 0.2) is 30.3 Å². The first-order valence-electron chi connectivity index (χ1n) is 7.52. The van der Waals surface area contributed by atoms with Crippen LogP contribution in [0.2, 0.25) is 0 Å². The zero-order chi connectivity index (χ0) is 14.6. The van der Waals surface area contributed by atoms with Crippen LogP contribution in [0.3, 0.4) is 0 Å². The Hall–Kier alpha value is -1.06. The lowest BCUT2D eigenvalue weighted by molar-refractivity contribution is -0.126. The third-order valence-corrected chi connectivity index (χ3v) is 4.20. The van der Waals surface area contributed by atoms with Gasteiger partial charge in [-0.1, -0.05) is 57.0 Å². The number of rotatable bonds is 5. The van der Waals surface area contributed by atoms with Crippen molar-refractivity contribution in [2.75, 3.05) is 6.54 Å². The maximum Gasteiger partial charge on any atom is 0.240 e. The van der Waals surface area contributed by atoms with Gasteiger partial charge in [-0.3, -0.25) is 4.79 Å². The fourth-order valence-electron chi connectivity index (χ4n) is 2.94. The molecule has 1 aliphatic carbocycles. The van der Waals surface area contributed by atoms with Gasteiger partial charge in [-0.15, -0.1) is 12.4 Å². The Balaban J connectivity index is 0.00000220. The van der Waals surface area contributed by atoms with Gasteiger partial charge in [0.15, 0.2) is 0 Å². The van der Waals surface area contributed by atoms with Crippen LogP contribution in [0, 0.1) is 5.41 Å². The molecule has 0 aromatic heterocycles. The van der Waals surface area contributed by atoms with Gasteiger partial charge in [0.1, 0.15) is 0 Å². The smallest absolute Gasteiger partial charge is 0.240 e. The number of nitrogens with one attached hydrogen (secondary N) is 1. The summed E-state index contributed by atoms with van der Waals surface area (Å²) in [6.45, 7) is 5.02. The second-order valence-electron chi connectivity index (χ2n) is 6.87. The number of hydrogen-bond acceptors (Lipinski definition) is 2. The highest BCUT2D eigenvalue weighted by Gasteiger charge is 2.37. The minimum atomic E-state index is -0.622. The molecule has 4 heteroatoms. The second-order valence-corrected chi connectivity index (χ2v) is 6.87. The summed E-state index contributed by atoms with van der Waals surface area (Å²) in [6.07, 6.45) is 4.72. The van der Waals surface area contributed by atoms with Gasteiger partial charge in [-0.05, 0) is 30.2 Å². The van der Waals surface area contributed by atoms with E-state index in [-0.39, 0.29) is 23.7 Å². The topological polar surface area (TPSA) is 55.1 Å². The van der Waals surface area contributed by atoms with Crippen molar-refractivity contribution >= 4 is 18.3 Å². The largest absolute Gasteiger partial charge is 0.354 e. The van der Waals surface area contributed by atoms with Crippen LogP contribution in [-0.4, -0.2) is 18.0 Å². The van der Waals surface area contributed by atoms with Gasteiger partial charge in [0.25, 0.3) is 0 Å². The molecule has 2 rings (SSSR count). The summed E-state index contributed by atoms with van der Waals surface area (Å²) in [5.41, 5.74) is 6.88. The summed E-state index contributed by atoms with van der Waals surface area (Å²) >= 11 is 0. The van der Waals surface area contributed by atoms with Gasteiger partial charge in [0.05, 0.1) is 5.54 Å². The molecule has 1 fully saturated rings. The molecule has 3 N–H and O–H groups in total. The molecular formula is C17H27ClN2O. The highest BCUT2D eigenvalue weighted by molar-refractivity contribution is 5.86. The predicted octanol–water partition coefficient (Wildman–Crippen LogP) is 3.06. The van der Waals surface area contributed by atoms with Gasteiger partial charge in [0.2, 0.25) is 5.91 Å². The quantitative estimate of drug-likeness (QED) is 0.878. The first-order chi connectivity index (χ1) is 9.41. The van der Waals surface area contributed by atoms with Crippen LogP contribution in [0.25, 0.3) is 0 Å². The molecule has 21 heavy (non-hydrogen) atoms. The summed E-state index contributed by atoms with van der Waals surface area (Å²) < 4.78 is 0. The Morgan fingerprint density at radius 2 is 1.81 bits per heavy atom. The van der Waals surface area contributed by atoms with Gasteiger partial charge < -0.3 is 11.1 Å². The zero-order valence-electron chi connectivity index (χ0n) is 13.0. The molecule has 3 nitrogen and oxygen atoms in total. The fourth-order valence-corrected chi connectivity index (χ4v) is 2.94. The van der Waals surface area contributed by atoms with E-state index in [1.807, 2.05) is 6.07 Å². The van der Waals surface area contributed by atoms with Crippen molar-refractivity contribution in [3.63, 3.8) is 0 Å². The van der Waals surface area contributed by atoms with Gasteiger partial charge in [-0.25, -0.2) is 0 Å². The highest BCUT2D eigenvalue weighted by Crippen LogP contribution is 2.28. The molecule has 0 spiro atoms. The average molecular weight is 311 g/mol. The van der Waals surface area contributed by atoms with Crippen LogP contribution >= 0.6 is 12.4 Å². The van der Waals surface area contributed by atoms with Crippen molar-refractivity contribution in [1.29, 1.82) is 0 Å². The summed E-state index contributed by atoms with van der Waals surface area (Å²) in [5.74, 6) is 0.0242. The van der Waals surface area contributed by atoms with Crippen molar-refractivity contribution in [2.45, 2.75) is 51.5 Å². The Morgan fingerprint density at radius 1 is 1.24 bits per heavy atom. The van der Waals surface area contributed by atoms with Crippen molar-refractivity contribution in [3.8, 4) is 0 Å². The second kappa shape index (κ2) is 7.28. The van der Waals surface area contributed by atoms with E-state index in [9.17, 15) is 4.79 Å². The molecule has 118 valence electrons. The molecular weight excluding hydrogens is 284 g/mol. The fraction of sp³-hybridized carbons (Fsp3) is 0.588. The number of hydrogen-bond donors (Lipinski definition) is 2. The summed E-state index contributed by atoms with van der Waals surface area (Å²) in [7, 11) is 0. The Kier molecular flexibility index (Phi) is 6.24. The lowest BCUT2D eigenvalue weighted by Crippen LogP contribution is -2.53. The first-order valence-corrected chi connectivity index (χ1v) is 7.52. The molecule has 1 saturated carbocycles. The first kappa shape index (κ1) is 18.0. The lowest BCUT2D eigenvalue weighted by atomic mass is 9.85. The van der Waals surface area contributed by atoms with E-state index in [1.165, 1.54) is 5.56 Å². The van der Waals surface area contributed by atoms with E-state index in [4.69, 9.17) is 5.73 Å². The number of amides is 1. The predicted molar refractivity (Wildman–Crippen MR) is 89.6 cm³/mol. The van der Waals surface area contributed by atoms with Gasteiger partial charge in [-0.2, -0.15) is 0 Å². The molecule has 0 aliphatic heterocycles. The van der Waals surface area contributed by atoms with Crippen LogP contribution in [0.1, 0.15) is 45.1 Å². The van der Waals surface area contributed by atoms with E-state index < -0.39 is 5.54 Å². The summed E-state index contributed by atoms with van der Waals surface area (Å²) in [5, 5.41) is 3.06. The maximum absolute atomic E-state index is 12.2. The van der Waals surface area contributed by atoms with Gasteiger partial charge in [0, 0.05) is 6.54 Å². The van der Waals surface area contributed by atoms with Crippen LogP contribution in [0.4, 0.5) is 0 Å². The number of halogens is 1. The number of carbonyl (C=O) groups is 1. The van der Waals surface area contributed by atoms with E-state index in [1.54, 1.807) is 0 Å². The van der Waals surface area contributed by atoms with Crippen molar-refractivity contribution < 1.29 is 4.79 Å². The maximum atomic E-state index is 12.2. The standard InChI is InChI=1S/C17H26N2O.ClH/c1-16(2,12-14-8-4-3-5-9-14)13-19-15(20)17(18)10-6-7-11-17;/h3-5,8-9H,6-7,10-13,18H2,1-2H3,(H,19,20);1H. The minimum absolute atomic E-state index is 0. The van der Waals surface area contributed by atoms with Gasteiger partial charge >= 0.3 is 0 Å². The number of nitrogens with two attached hydrogens (primary N) is 1.